The van der Waals surface area contributed by atoms with Crippen LogP contribution in [0.1, 0.15) is 72.1 Å². The molecule has 2 unspecified atom stereocenters. The fraction of sp³-hybridized carbons (Fsp3) is 0.789. The number of rotatable bonds is 2. The van der Waals surface area contributed by atoms with Crippen molar-refractivity contribution in [3.63, 3.8) is 0 Å². The molecule has 128 valence electrons. The van der Waals surface area contributed by atoms with Gasteiger partial charge in [0.1, 0.15) is 6.10 Å². The lowest BCUT2D eigenvalue weighted by atomic mass is 9.66. The Bertz CT molecular complexity index is 535. The SMILES string of the molecule is CC12CC[C@](C(=O)OC3/C=C\CCCCCC3)(OC1=O)C2(C)C. The first-order valence-corrected chi connectivity index (χ1v) is 8.95. The van der Waals surface area contributed by atoms with Crippen LogP contribution in [0.25, 0.3) is 0 Å². The fourth-order valence-electron chi connectivity index (χ4n) is 4.34. The molecular weight excluding hydrogens is 292 g/mol. The van der Waals surface area contributed by atoms with Crippen LogP contribution in [0.4, 0.5) is 0 Å². The van der Waals surface area contributed by atoms with Crippen molar-refractivity contribution < 1.29 is 19.1 Å². The van der Waals surface area contributed by atoms with Crippen molar-refractivity contribution >= 4 is 11.9 Å². The summed E-state index contributed by atoms with van der Waals surface area (Å²) in [5.74, 6) is -0.610. The second kappa shape index (κ2) is 5.64. The Morgan fingerprint density at radius 3 is 2.57 bits per heavy atom. The molecule has 3 rings (SSSR count). The van der Waals surface area contributed by atoms with E-state index in [4.69, 9.17) is 9.47 Å². The van der Waals surface area contributed by atoms with E-state index in [9.17, 15) is 9.59 Å². The molecule has 1 saturated carbocycles. The van der Waals surface area contributed by atoms with Crippen LogP contribution in [-0.2, 0) is 19.1 Å². The number of hydrogen-bond donors (Lipinski definition) is 0. The van der Waals surface area contributed by atoms with Crippen LogP contribution in [0, 0.1) is 10.8 Å². The molecule has 3 atom stereocenters. The largest absolute Gasteiger partial charge is 0.455 e. The Morgan fingerprint density at radius 1 is 1.17 bits per heavy atom. The van der Waals surface area contributed by atoms with Gasteiger partial charge in [0.2, 0.25) is 5.60 Å². The van der Waals surface area contributed by atoms with Crippen molar-refractivity contribution in [2.24, 2.45) is 10.8 Å². The van der Waals surface area contributed by atoms with Crippen molar-refractivity contribution in [3.05, 3.63) is 12.2 Å². The molecule has 23 heavy (non-hydrogen) atoms. The zero-order valence-corrected chi connectivity index (χ0v) is 14.5. The molecule has 0 amide bonds. The molecule has 0 radical (unpaired) electrons. The van der Waals surface area contributed by atoms with E-state index in [-0.39, 0.29) is 18.0 Å². The predicted octanol–water partition coefficient (Wildman–Crippen LogP) is 3.93. The van der Waals surface area contributed by atoms with Crippen molar-refractivity contribution in [2.45, 2.75) is 83.8 Å². The Kier molecular flexibility index (Phi) is 4.06. The van der Waals surface area contributed by atoms with Crippen LogP contribution in [0.5, 0.6) is 0 Å². The number of fused-ring (bicyclic) bond motifs is 2. The van der Waals surface area contributed by atoms with Gasteiger partial charge in [-0.05, 0) is 51.5 Å². The molecule has 0 spiro atoms. The predicted molar refractivity (Wildman–Crippen MR) is 86.7 cm³/mol. The second-order valence-corrected chi connectivity index (χ2v) is 8.04. The summed E-state index contributed by atoms with van der Waals surface area (Å²) in [7, 11) is 0. The molecule has 0 N–H and O–H groups in total. The summed E-state index contributed by atoms with van der Waals surface area (Å²) in [5, 5.41) is 0. The Morgan fingerprint density at radius 2 is 1.91 bits per heavy atom. The maximum atomic E-state index is 12.9. The molecular formula is C19H28O4. The molecule has 0 aromatic heterocycles. The highest BCUT2D eigenvalue weighted by molar-refractivity contribution is 5.93. The minimum Gasteiger partial charge on any atom is -0.455 e. The molecule has 2 aliphatic carbocycles. The van der Waals surface area contributed by atoms with Crippen LogP contribution in [0.2, 0.25) is 0 Å². The summed E-state index contributed by atoms with van der Waals surface area (Å²) in [6.45, 7) is 5.84. The van der Waals surface area contributed by atoms with Gasteiger partial charge < -0.3 is 9.47 Å². The highest BCUT2D eigenvalue weighted by Gasteiger charge is 2.76. The quantitative estimate of drug-likeness (QED) is 0.571. The van der Waals surface area contributed by atoms with E-state index >= 15 is 0 Å². The van der Waals surface area contributed by atoms with Gasteiger partial charge in [-0.1, -0.05) is 32.8 Å². The minimum atomic E-state index is -1.11. The highest BCUT2D eigenvalue weighted by atomic mass is 16.6. The first-order chi connectivity index (χ1) is 10.8. The lowest BCUT2D eigenvalue weighted by Crippen LogP contribution is -2.49. The third kappa shape index (κ3) is 2.33. The Balaban J connectivity index is 1.77. The maximum absolute atomic E-state index is 12.9. The van der Waals surface area contributed by atoms with Crippen molar-refractivity contribution in [1.29, 1.82) is 0 Å². The van der Waals surface area contributed by atoms with Gasteiger partial charge >= 0.3 is 11.9 Å². The number of allylic oxidation sites excluding steroid dienone is 1. The van der Waals surface area contributed by atoms with Gasteiger partial charge in [-0.2, -0.15) is 0 Å². The van der Waals surface area contributed by atoms with Gasteiger partial charge in [0.25, 0.3) is 0 Å². The summed E-state index contributed by atoms with van der Waals surface area (Å²) in [5.41, 5.74) is -2.22. The molecule has 2 bridgehead atoms. The fourth-order valence-corrected chi connectivity index (χ4v) is 4.34. The maximum Gasteiger partial charge on any atom is 0.351 e. The first kappa shape index (κ1) is 16.5. The number of esters is 2. The summed E-state index contributed by atoms with van der Waals surface area (Å²) in [4.78, 5) is 25.2. The van der Waals surface area contributed by atoms with Gasteiger partial charge in [-0.15, -0.1) is 0 Å². The normalized spacial score (nSPS) is 40.7. The van der Waals surface area contributed by atoms with Gasteiger partial charge in [0, 0.05) is 5.41 Å². The first-order valence-electron chi connectivity index (χ1n) is 8.95. The van der Waals surface area contributed by atoms with E-state index in [1.165, 1.54) is 19.3 Å². The van der Waals surface area contributed by atoms with Crippen molar-refractivity contribution in [2.75, 3.05) is 0 Å². The third-order valence-electron chi connectivity index (χ3n) is 6.63. The zero-order chi connectivity index (χ0) is 16.7. The van der Waals surface area contributed by atoms with Gasteiger partial charge in [-0.3, -0.25) is 4.79 Å². The molecule has 0 aromatic rings. The van der Waals surface area contributed by atoms with E-state index < -0.39 is 16.4 Å². The van der Waals surface area contributed by atoms with E-state index in [0.29, 0.717) is 12.8 Å². The molecule has 4 nitrogen and oxygen atoms in total. The van der Waals surface area contributed by atoms with Crippen molar-refractivity contribution in [3.8, 4) is 0 Å². The third-order valence-corrected chi connectivity index (χ3v) is 6.63. The van der Waals surface area contributed by atoms with Gasteiger partial charge in [0.15, 0.2) is 0 Å². The molecule has 1 aliphatic heterocycles. The lowest BCUT2D eigenvalue weighted by molar-refractivity contribution is -0.185. The topological polar surface area (TPSA) is 52.6 Å². The lowest BCUT2D eigenvalue weighted by Gasteiger charge is -2.35. The van der Waals surface area contributed by atoms with Crippen LogP contribution >= 0.6 is 0 Å². The summed E-state index contributed by atoms with van der Waals surface area (Å²) in [6, 6.07) is 0. The van der Waals surface area contributed by atoms with E-state index in [1.54, 1.807) is 0 Å². The molecule has 4 heteroatoms. The second-order valence-electron chi connectivity index (χ2n) is 8.04. The van der Waals surface area contributed by atoms with Crippen LogP contribution in [0.15, 0.2) is 12.2 Å². The summed E-state index contributed by atoms with van der Waals surface area (Å²) in [6.07, 6.45) is 11.8. The molecule has 0 aromatic carbocycles. The highest BCUT2D eigenvalue weighted by Crippen LogP contribution is 2.65. The molecule has 1 saturated heterocycles. The zero-order valence-electron chi connectivity index (χ0n) is 14.5. The number of hydrogen-bond acceptors (Lipinski definition) is 4. The van der Waals surface area contributed by atoms with E-state index in [0.717, 1.165) is 19.3 Å². The van der Waals surface area contributed by atoms with Gasteiger partial charge in [-0.25, -0.2) is 4.79 Å². The van der Waals surface area contributed by atoms with Crippen molar-refractivity contribution in [1.82, 2.24) is 0 Å². The van der Waals surface area contributed by atoms with E-state index in [2.05, 4.69) is 6.08 Å². The van der Waals surface area contributed by atoms with Crippen LogP contribution < -0.4 is 0 Å². The number of carbonyl (C=O) groups is 2. The molecule has 1 heterocycles. The smallest absolute Gasteiger partial charge is 0.351 e. The molecule has 2 fully saturated rings. The molecule has 3 aliphatic rings. The van der Waals surface area contributed by atoms with Gasteiger partial charge in [0.05, 0.1) is 5.41 Å². The summed E-state index contributed by atoms with van der Waals surface area (Å²) < 4.78 is 11.4. The van der Waals surface area contributed by atoms with Crippen LogP contribution in [-0.4, -0.2) is 23.6 Å². The van der Waals surface area contributed by atoms with E-state index in [1.807, 2.05) is 26.8 Å². The average Bonchev–Trinajstić information content (AvgIpc) is 2.86. The Labute approximate surface area is 138 Å². The standard InChI is InChI=1S/C19H28O4/c1-17(2)18(3)12-13-19(17,23-15(18)20)16(21)22-14-10-8-6-4-5-7-9-11-14/h8,10,14H,4-7,9,11-13H2,1-3H3/b10-8-/t14?,18?,19-/m1/s1. The number of ether oxygens (including phenoxy) is 2. The monoisotopic (exact) mass is 320 g/mol. The summed E-state index contributed by atoms with van der Waals surface area (Å²) >= 11 is 0. The Hall–Kier alpha value is -1.32. The van der Waals surface area contributed by atoms with Crippen LogP contribution in [0.3, 0.4) is 0 Å². The average molecular weight is 320 g/mol. The minimum absolute atomic E-state index is 0.197. The number of carbonyl (C=O) groups excluding carboxylic acids is 2.